The molecule has 0 rings (SSSR count). The van der Waals surface area contributed by atoms with Gasteiger partial charge in [0.25, 0.3) is 0 Å². The van der Waals surface area contributed by atoms with Crippen LogP contribution in [0, 0.1) is 0 Å². The summed E-state index contributed by atoms with van der Waals surface area (Å²) in [7, 11) is 1.56. The molecule has 0 aliphatic heterocycles. The Morgan fingerprint density at radius 2 is 1.85 bits per heavy atom. The Hall–Kier alpha value is -1.30. The standard InChI is InChI=1S/C14H29N3O3/c1-6-16-10-8-7-9-11(12(18)15-5)17-13(19)20-14(2,3)4/h11,16H,6-10H2,1-5H3,(H,15,18)(H,17,19). The molecule has 0 heterocycles. The molecular formula is C14H29N3O3. The SMILES string of the molecule is CCNCCCCC(NC(=O)OC(C)(C)C)C(=O)NC. The van der Waals surface area contributed by atoms with Gasteiger partial charge in [-0.15, -0.1) is 0 Å². The summed E-state index contributed by atoms with van der Waals surface area (Å²) in [6.45, 7) is 9.28. The summed E-state index contributed by atoms with van der Waals surface area (Å²) in [5.41, 5.74) is -0.567. The van der Waals surface area contributed by atoms with E-state index in [-0.39, 0.29) is 5.91 Å². The van der Waals surface area contributed by atoms with Crippen LogP contribution in [0.25, 0.3) is 0 Å². The van der Waals surface area contributed by atoms with Gasteiger partial charge in [0.05, 0.1) is 0 Å². The molecule has 0 saturated carbocycles. The van der Waals surface area contributed by atoms with E-state index in [0.29, 0.717) is 6.42 Å². The monoisotopic (exact) mass is 287 g/mol. The van der Waals surface area contributed by atoms with Crippen LogP contribution in [-0.4, -0.2) is 43.8 Å². The molecule has 0 saturated heterocycles. The van der Waals surface area contributed by atoms with E-state index in [4.69, 9.17) is 4.74 Å². The molecule has 0 aromatic carbocycles. The summed E-state index contributed by atoms with van der Waals surface area (Å²) in [5, 5.41) is 8.41. The van der Waals surface area contributed by atoms with Crippen molar-refractivity contribution in [2.45, 2.75) is 58.6 Å². The fraction of sp³-hybridized carbons (Fsp3) is 0.857. The van der Waals surface area contributed by atoms with Gasteiger partial charge in [0.1, 0.15) is 11.6 Å². The van der Waals surface area contributed by atoms with E-state index >= 15 is 0 Å². The topological polar surface area (TPSA) is 79.5 Å². The summed E-state index contributed by atoms with van der Waals surface area (Å²) in [6.07, 6.45) is 1.88. The van der Waals surface area contributed by atoms with Gasteiger partial charge in [-0.05, 0) is 53.1 Å². The Morgan fingerprint density at radius 1 is 1.20 bits per heavy atom. The Bertz CT molecular complexity index is 301. The molecule has 20 heavy (non-hydrogen) atoms. The molecule has 0 aliphatic carbocycles. The third-order valence-electron chi connectivity index (χ3n) is 2.60. The van der Waals surface area contributed by atoms with Gasteiger partial charge in [-0.3, -0.25) is 4.79 Å². The van der Waals surface area contributed by atoms with Gasteiger partial charge >= 0.3 is 6.09 Å². The number of hydrogen-bond donors (Lipinski definition) is 3. The van der Waals surface area contributed by atoms with E-state index in [0.717, 1.165) is 25.9 Å². The second-order valence-electron chi connectivity index (χ2n) is 5.66. The Kier molecular flexibility index (Phi) is 8.96. The first-order valence-corrected chi connectivity index (χ1v) is 7.22. The van der Waals surface area contributed by atoms with E-state index < -0.39 is 17.7 Å². The average Bonchev–Trinajstić information content (AvgIpc) is 2.34. The minimum atomic E-state index is -0.567. The van der Waals surface area contributed by atoms with Crippen molar-refractivity contribution in [2.75, 3.05) is 20.1 Å². The van der Waals surface area contributed by atoms with Crippen molar-refractivity contribution in [3.8, 4) is 0 Å². The van der Waals surface area contributed by atoms with Gasteiger partial charge in [0, 0.05) is 7.05 Å². The molecule has 1 unspecified atom stereocenters. The minimum absolute atomic E-state index is 0.195. The van der Waals surface area contributed by atoms with Crippen molar-refractivity contribution in [1.82, 2.24) is 16.0 Å². The molecule has 0 aromatic heterocycles. The highest BCUT2D eigenvalue weighted by Crippen LogP contribution is 2.08. The Morgan fingerprint density at radius 3 is 2.35 bits per heavy atom. The summed E-state index contributed by atoms with van der Waals surface area (Å²) < 4.78 is 5.17. The Labute approximate surface area is 122 Å². The van der Waals surface area contributed by atoms with Gasteiger partial charge in [0.15, 0.2) is 0 Å². The Balaban J connectivity index is 4.22. The second-order valence-corrected chi connectivity index (χ2v) is 5.66. The van der Waals surface area contributed by atoms with Crippen molar-refractivity contribution in [1.29, 1.82) is 0 Å². The van der Waals surface area contributed by atoms with E-state index in [1.807, 2.05) is 0 Å². The van der Waals surface area contributed by atoms with E-state index in [9.17, 15) is 9.59 Å². The lowest BCUT2D eigenvalue weighted by Gasteiger charge is -2.23. The number of hydrogen-bond acceptors (Lipinski definition) is 4. The van der Waals surface area contributed by atoms with Gasteiger partial charge in [-0.2, -0.15) is 0 Å². The number of alkyl carbamates (subject to hydrolysis) is 1. The van der Waals surface area contributed by atoms with Gasteiger partial charge in [0.2, 0.25) is 5.91 Å². The molecule has 0 fully saturated rings. The zero-order valence-electron chi connectivity index (χ0n) is 13.3. The number of ether oxygens (including phenoxy) is 1. The summed E-state index contributed by atoms with van der Waals surface area (Å²) in [4.78, 5) is 23.4. The van der Waals surface area contributed by atoms with Crippen LogP contribution in [0.5, 0.6) is 0 Å². The van der Waals surface area contributed by atoms with Crippen LogP contribution in [-0.2, 0) is 9.53 Å². The number of rotatable bonds is 8. The maximum Gasteiger partial charge on any atom is 0.408 e. The largest absolute Gasteiger partial charge is 0.444 e. The lowest BCUT2D eigenvalue weighted by Crippen LogP contribution is -2.47. The van der Waals surface area contributed by atoms with Crippen LogP contribution in [0.1, 0.15) is 47.0 Å². The molecule has 0 bridgehead atoms. The van der Waals surface area contributed by atoms with Crippen molar-refractivity contribution >= 4 is 12.0 Å². The third-order valence-corrected chi connectivity index (χ3v) is 2.60. The van der Waals surface area contributed by atoms with Crippen LogP contribution in [0.4, 0.5) is 4.79 Å². The third kappa shape index (κ3) is 9.61. The van der Waals surface area contributed by atoms with Crippen molar-refractivity contribution in [2.24, 2.45) is 0 Å². The number of amides is 2. The van der Waals surface area contributed by atoms with Crippen molar-refractivity contribution in [3.05, 3.63) is 0 Å². The van der Waals surface area contributed by atoms with Gasteiger partial charge in [-0.25, -0.2) is 4.79 Å². The van der Waals surface area contributed by atoms with Crippen LogP contribution >= 0.6 is 0 Å². The molecule has 0 aromatic rings. The highest BCUT2D eigenvalue weighted by atomic mass is 16.6. The quantitative estimate of drug-likeness (QED) is 0.590. The fourth-order valence-electron chi connectivity index (χ4n) is 1.67. The predicted molar refractivity (Wildman–Crippen MR) is 79.6 cm³/mol. The highest BCUT2D eigenvalue weighted by Gasteiger charge is 2.23. The molecule has 0 spiro atoms. The molecule has 1 atom stereocenters. The molecule has 2 amide bonds. The highest BCUT2D eigenvalue weighted by molar-refractivity contribution is 5.85. The summed E-state index contributed by atoms with van der Waals surface area (Å²) >= 11 is 0. The van der Waals surface area contributed by atoms with Crippen molar-refractivity contribution in [3.63, 3.8) is 0 Å². The minimum Gasteiger partial charge on any atom is -0.444 e. The zero-order chi connectivity index (χ0) is 15.6. The number of nitrogens with one attached hydrogen (secondary N) is 3. The van der Waals surface area contributed by atoms with Crippen LogP contribution < -0.4 is 16.0 Å². The van der Waals surface area contributed by atoms with Crippen LogP contribution in [0.3, 0.4) is 0 Å². The molecule has 0 aliphatic rings. The number of carbonyl (C=O) groups is 2. The van der Waals surface area contributed by atoms with E-state index in [1.54, 1.807) is 27.8 Å². The van der Waals surface area contributed by atoms with E-state index in [2.05, 4.69) is 22.9 Å². The molecule has 118 valence electrons. The first kappa shape index (κ1) is 18.7. The average molecular weight is 287 g/mol. The molecular weight excluding hydrogens is 258 g/mol. The molecule has 3 N–H and O–H groups in total. The summed E-state index contributed by atoms with van der Waals surface area (Å²) in [5.74, 6) is -0.195. The number of carbonyl (C=O) groups excluding carboxylic acids is 2. The normalized spacial score (nSPS) is 12.7. The van der Waals surface area contributed by atoms with Crippen LogP contribution in [0.2, 0.25) is 0 Å². The molecule has 0 radical (unpaired) electrons. The predicted octanol–water partition coefficient (Wildman–Crippen LogP) is 1.41. The molecule has 6 heteroatoms. The first-order chi connectivity index (χ1) is 9.30. The zero-order valence-corrected chi connectivity index (χ0v) is 13.3. The van der Waals surface area contributed by atoms with Gasteiger partial charge < -0.3 is 20.7 Å². The first-order valence-electron chi connectivity index (χ1n) is 7.22. The lowest BCUT2D eigenvalue weighted by molar-refractivity contribution is -0.122. The summed E-state index contributed by atoms with van der Waals surface area (Å²) in [6, 6.07) is -0.545. The smallest absolute Gasteiger partial charge is 0.408 e. The fourth-order valence-corrected chi connectivity index (χ4v) is 1.67. The van der Waals surface area contributed by atoms with Gasteiger partial charge in [-0.1, -0.05) is 6.92 Å². The van der Waals surface area contributed by atoms with Crippen LogP contribution in [0.15, 0.2) is 0 Å². The lowest BCUT2D eigenvalue weighted by atomic mass is 10.1. The van der Waals surface area contributed by atoms with Crippen molar-refractivity contribution < 1.29 is 14.3 Å². The van der Waals surface area contributed by atoms with E-state index in [1.165, 1.54) is 0 Å². The molecule has 6 nitrogen and oxygen atoms in total. The number of likely N-dealkylation sites (N-methyl/N-ethyl adjacent to an activating group) is 1. The maximum atomic E-state index is 11.7. The number of unbranched alkanes of at least 4 members (excludes halogenated alkanes) is 1. The second kappa shape index (κ2) is 9.58. The maximum absolute atomic E-state index is 11.7.